The van der Waals surface area contributed by atoms with Crippen LogP contribution in [-0.4, -0.2) is 53.3 Å². The second kappa shape index (κ2) is 8.77. The van der Waals surface area contributed by atoms with Crippen LogP contribution in [0.4, 0.5) is 24.7 Å². The Morgan fingerprint density at radius 2 is 2.00 bits per heavy atom. The van der Waals surface area contributed by atoms with E-state index in [1.54, 1.807) is 7.11 Å². The first kappa shape index (κ1) is 23.2. The van der Waals surface area contributed by atoms with Crippen molar-refractivity contribution in [3.63, 3.8) is 0 Å². The van der Waals surface area contributed by atoms with Crippen molar-refractivity contribution in [3.8, 4) is 5.75 Å². The van der Waals surface area contributed by atoms with Crippen LogP contribution < -0.4 is 15.0 Å². The minimum Gasteiger partial charge on any atom is -0.489 e. The van der Waals surface area contributed by atoms with Gasteiger partial charge in [0.2, 0.25) is 5.91 Å². The second-order valence-corrected chi connectivity index (χ2v) is 8.57. The number of alkyl halides is 3. The molecule has 0 unspecified atom stereocenters. The number of fused-ring (bicyclic) bond motifs is 1. The Labute approximate surface area is 189 Å². The summed E-state index contributed by atoms with van der Waals surface area (Å²) in [5.41, 5.74) is 0.363. The summed E-state index contributed by atoms with van der Waals surface area (Å²) < 4.78 is 49.0. The molecule has 1 aliphatic carbocycles. The SMILES string of the molecule is CO[C@@H](C)[C@H]1C(=O)Nc2c(C)nc(CC3CC(Oc4ccc(C(F)(F)F)nc4)C3)nc2N1C. The molecule has 3 heterocycles. The van der Waals surface area contributed by atoms with Crippen molar-refractivity contribution in [1.29, 1.82) is 0 Å². The predicted octanol–water partition coefficient (Wildman–Crippen LogP) is 3.39. The van der Waals surface area contributed by atoms with Crippen LogP contribution in [0.3, 0.4) is 0 Å². The molecular weight excluding hydrogens is 439 g/mol. The number of carbonyl (C=O) groups excluding carboxylic acids is 1. The largest absolute Gasteiger partial charge is 0.489 e. The van der Waals surface area contributed by atoms with E-state index in [4.69, 9.17) is 14.5 Å². The smallest absolute Gasteiger partial charge is 0.433 e. The predicted molar refractivity (Wildman–Crippen MR) is 114 cm³/mol. The van der Waals surface area contributed by atoms with Gasteiger partial charge in [0, 0.05) is 20.6 Å². The van der Waals surface area contributed by atoms with E-state index in [1.807, 2.05) is 25.8 Å². The zero-order chi connectivity index (χ0) is 23.9. The molecule has 4 rings (SSSR count). The number of aryl methyl sites for hydroxylation is 1. The number of likely N-dealkylation sites (N-methyl/N-ethyl adjacent to an activating group) is 1. The molecule has 178 valence electrons. The highest BCUT2D eigenvalue weighted by Crippen LogP contribution is 2.37. The monoisotopic (exact) mass is 465 g/mol. The van der Waals surface area contributed by atoms with E-state index in [0.29, 0.717) is 41.1 Å². The van der Waals surface area contributed by atoms with Crippen molar-refractivity contribution < 1.29 is 27.4 Å². The van der Waals surface area contributed by atoms with Gasteiger partial charge >= 0.3 is 6.18 Å². The van der Waals surface area contributed by atoms with E-state index >= 15 is 0 Å². The molecule has 0 saturated heterocycles. The maximum absolute atomic E-state index is 12.6. The van der Waals surface area contributed by atoms with Crippen LogP contribution in [0, 0.1) is 12.8 Å². The molecule has 2 atom stereocenters. The number of pyridine rings is 1. The Bertz CT molecular complexity index is 1030. The first-order valence-electron chi connectivity index (χ1n) is 10.7. The molecule has 0 aromatic carbocycles. The Morgan fingerprint density at radius 3 is 2.61 bits per heavy atom. The van der Waals surface area contributed by atoms with Crippen molar-refractivity contribution in [1.82, 2.24) is 15.0 Å². The Hall–Kier alpha value is -2.95. The van der Waals surface area contributed by atoms with Gasteiger partial charge in [0.1, 0.15) is 29.0 Å². The highest BCUT2D eigenvalue weighted by molar-refractivity contribution is 6.03. The molecule has 33 heavy (non-hydrogen) atoms. The van der Waals surface area contributed by atoms with E-state index in [9.17, 15) is 18.0 Å². The van der Waals surface area contributed by atoms with Gasteiger partial charge in [-0.3, -0.25) is 4.79 Å². The lowest BCUT2D eigenvalue weighted by Crippen LogP contribution is -2.53. The maximum Gasteiger partial charge on any atom is 0.433 e. The summed E-state index contributed by atoms with van der Waals surface area (Å²) in [6.45, 7) is 3.67. The number of nitrogens with one attached hydrogen (secondary N) is 1. The molecule has 11 heteroatoms. The number of anilines is 2. The highest BCUT2D eigenvalue weighted by atomic mass is 19.4. The number of methoxy groups -OCH3 is 1. The van der Waals surface area contributed by atoms with Gasteiger partial charge < -0.3 is 19.7 Å². The van der Waals surface area contributed by atoms with Gasteiger partial charge in [-0.1, -0.05) is 0 Å². The molecule has 0 spiro atoms. The molecule has 1 aliphatic heterocycles. The van der Waals surface area contributed by atoms with Crippen LogP contribution in [-0.2, 0) is 22.1 Å². The lowest BCUT2D eigenvalue weighted by Gasteiger charge is -2.38. The number of nitrogens with zero attached hydrogens (tertiary/aromatic N) is 4. The van der Waals surface area contributed by atoms with Crippen LogP contribution in [0.1, 0.15) is 37.0 Å². The van der Waals surface area contributed by atoms with Crippen LogP contribution >= 0.6 is 0 Å². The highest BCUT2D eigenvalue weighted by Gasteiger charge is 2.38. The number of amides is 1. The maximum atomic E-state index is 12.6. The number of ether oxygens (including phenoxy) is 2. The quantitative estimate of drug-likeness (QED) is 0.700. The van der Waals surface area contributed by atoms with E-state index < -0.39 is 17.9 Å². The van der Waals surface area contributed by atoms with Crippen molar-refractivity contribution in [2.45, 2.75) is 57.5 Å². The van der Waals surface area contributed by atoms with E-state index in [1.165, 1.54) is 6.07 Å². The molecule has 2 aromatic heterocycles. The zero-order valence-electron chi connectivity index (χ0n) is 18.8. The third-order valence-corrected chi connectivity index (χ3v) is 6.19. The lowest BCUT2D eigenvalue weighted by atomic mass is 9.80. The molecule has 0 bridgehead atoms. The van der Waals surface area contributed by atoms with Crippen molar-refractivity contribution >= 4 is 17.4 Å². The molecular formula is C22H26F3N5O3. The normalized spacial score (nSPS) is 23.4. The van der Waals surface area contributed by atoms with Crippen LogP contribution in [0.25, 0.3) is 0 Å². The average molecular weight is 465 g/mol. The fraction of sp³-hybridized carbons (Fsp3) is 0.545. The summed E-state index contributed by atoms with van der Waals surface area (Å²) >= 11 is 0. The summed E-state index contributed by atoms with van der Waals surface area (Å²) in [4.78, 5) is 27.1. The van der Waals surface area contributed by atoms with Crippen molar-refractivity contribution in [2.75, 3.05) is 24.4 Å². The average Bonchev–Trinajstić information content (AvgIpc) is 2.72. The number of rotatable bonds is 6. The molecule has 1 saturated carbocycles. The molecule has 1 amide bonds. The zero-order valence-corrected chi connectivity index (χ0v) is 18.8. The standard InChI is InChI=1S/C22H26F3N5O3/c1-11-18-20(30(3)19(12(2)32-4)21(31)29-18)28-17(27-11)9-13-7-15(8-13)33-14-5-6-16(26-10-14)22(23,24)25/h5-6,10,12-13,15,19H,7-9H2,1-4H3,(H,29,31)/t12-,13?,15?,19-/m0/s1. The van der Waals surface area contributed by atoms with Gasteiger partial charge in [-0.05, 0) is 44.7 Å². The summed E-state index contributed by atoms with van der Waals surface area (Å²) in [6, 6.07) is 1.71. The number of hydrogen-bond acceptors (Lipinski definition) is 7. The summed E-state index contributed by atoms with van der Waals surface area (Å²) in [7, 11) is 3.38. The Kier molecular flexibility index (Phi) is 6.17. The molecule has 1 N–H and O–H groups in total. The van der Waals surface area contributed by atoms with Gasteiger partial charge in [0.05, 0.1) is 24.1 Å². The van der Waals surface area contributed by atoms with Gasteiger partial charge in [-0.2, -0.15) is 13.2 Å². The van der Waals surface area contributed by atoms with Gasteiger partial charge in [-0.15, -0.1) is 0 Å². The summed E-state index contributed by atoms with van der Waals surface area (Å²) in [5, 5.41) is 2.90. The molecule has 2 aliphatic rings. The summed E-state index contributed by atoms with van der Waals surface area (Å²) in [6.07, 6.45) is -1.62. The summed E-state index contributed by atoms with van der Waals surface area (Å²) in [5.74, 6) is 1.80. The van der Waals surface area contributed by atoms with Crippen LogP contribution in [0.2, 0.25) is 0 Å². The topological polar surface area (TPSA) is 89.5 Å². The van der Waals surface area contributed by atoms with Crippen molar-refractivity contribution in [3.05, 3.63) is 35.5 Å². The second-order valence-electron chi connectivity index (χ2n) is 8.57. The van der Waals surface area contributed by atoms with Gasteiger partial charge in [0.15, 0.2) is 5.82 Å². The fourth-order valence-electron chi connectivity index (χ4n) is 4.27. The molecule has 2 aromatic rings. The Morgan fingerprint density at radius 1 is 1.27 bits per heavy atom. The first-order valence-corrected chi connectivity index (χ1v) is 10.7. The van der Waals surface area contributed by atoms with E-state index in [-0.39, 0.29) is 18.1 Å². The van der Waals surface area contributed by atoms with Crippen LogP contribution in [0.5, 0.6) is 5.75 Å². The van der Waals surface area contributed by atoms with Gasteiger partial charge in [-0.25, -0.2) is 15.0 Å². The molecule has 1 fully saturated rings. The minimum absolute atomic E-state index is 0.0823. The van der Waals surface area contributed by atoms with Crippen molar-refractivity contribution in [2.24, 2.45) is 5.92 Å². The number of hydrogen-bond donors (Lipinski definition) is 1. The van der Waals surface area contributed by atoms with E-state index in [2.05, 4.69) is 15.3 Å². The van der Waals surface area contributed by atoms with Gasteiger partial charge in [0.25, 0.3) is 0 Å². The van der Waals surface area contributed by atoms with Crippen LogP contribution in [0.15, 0.2) is 18.3 Å². The Balaban J connectivity index is 1.38. The minimum atomic E-state index is -4.47. The molecule has 8 nitrogen and oxygen atoms in total. The fourth-order valence-corrected chi connectivity index (χ4v) is 4.27. The number of carbonyl (C=O) groups is 1. The third-order valence-electron chi connectivity index (χ3n) is 6.19. The third kappa shape index (κ3) is 4.73. The number of aromatic nitrogens is 3. The molecule has 0 radical (unpaired) electrons. The first-order chi connectivity index (χ1) is 15.6. The lowest BCUT2D eigenvalue weighted by molar-refractivity contribution is -0.141. The number of halogens is 3. The van der Waals surface area contributed by atoms with E-state index in [0.717, 1.165) is 25.1 Å².